The normalized spacial score (nSPS) is 23.2. The number of nitrogens with zero attached hydrogens (tertiary/aromatic N) is 2. The average Bonchev–Trinajstić information content (AvgIpc) is 3.17. The molecule has 5 nitrogen and oxygen atoms in total. The number of nitrogens with one attached hydrogen (secondary N) is 1. The second kappa shape index (κ2) is 9.47. The number of amides is 2. The van der Waals surface area contributed by atoms with Crippen LogP contribution in [0.1, 0.15) is 43.5 Å². The van der Waals surface area contributed by atoms with E-state index in [1.165, 1.54) is 0 Å². The van der Waals surface area contributed by atoms with Gasteiger partial charge in [0.2, 0.25) is 5.91 Å². The Morgan fingerprint density at radius 3 is 2.61 bits per heavy atom. The van der Waals surface area contributed by atoms with Crippen LogP contribution in [-0.2, 0) is 4.79 Å². The van der Waals surface area contributed by atoms with E-state index >= 15 is 0 Å². The van der Waals surface area contributed by atoms with Gasteiger partial charge in [0, 0.05) is 37.8 Å². The van der Waals surface area contributed by atoms with Gasteiger partial charge in [0.15, 0.2) is 0 Å². The zero-order valence-corrected chi connectivity index (χ0v) is 18.1. The Morgan fingerprint density at radius 2 is 1.93 bits per heavy atom. The molecule has 2 aliphatic rings. The van der Waals surface area contributed by atoms with Crippen molar-refractivity contribution in [3.05, 3.63) is 33.8 Å². The number of hydrogen-bond acceptors (Lipinski definition) is 3. The molecule has 0 aliphatic carbocycles. The molecule has 154 valence electrons. The monoisotopic (exact) mass is 425 g/mol. The molecule has 0 bridgehead atoms. The van der Waals surface area contributed by atoms with Gasteiger partial charge in [-0.3, -0.25) is 9.59 Å². The van der Waals surface area contributed by atoms with Gasteiger partial charge in [-0.25, -0.2) is 0 Å². The molecular weight excluding hydrogens is 397 g/mol. The van der Waals surface area contributed by atoms with E-state index in [2.05, 4.69) is 24.1 Å². The van der Waals surface area contributed by atoms with Crippen molar-refractivity contribution in [2.75, 3.05) is 32.7 Å². The molecule has 2 aliphatic heterocycles. The number of halogens is 2. The van der Waals surface area contributed by atoms with Crippen molar-refractivity contribution in [1.82, 2.24) is 15.1 Å². The van der Waals surface area contributed by atoms with Gasteiger partial charge in [0.05, 0.1) is 16.0 Å². The Morgan fingerprint density at radius 1 is 1.14 bits per heavy atom. The summed E-state index contributed by atoms with van der Waals surface area (Å²) in [5.74, 6) is 0.334. The summed E-state index contributed by atoms with van der Waals surface area (Å²) in [6.07, 6.45) is 2.78. The minimum Gasteiger partial charge on any atom is -0.355 e. The van der Waals surface area contributed by atoms with Crippen LogP contribution in [0.25, 0.3) is 0 Å². The number of likely N-dealkylation sites (tertiary alicyclic amines) is 2. The molecule has 2 unspecified atom stereocenters. The Bertz CT molecular complexity index is 726. The van der Waals surface area contributed by atoms with Crippen molar-refractivity contribution in [3.8, 4) is 0 Å². The van der Waals surface area contributed by atoms with Crippen LogP contribution in [0.2, 0.25) is 10.0 Å². The maximum absolute atomic E-state index is 12.8. The Kier molecular flexibility index (Phi) is 7.24. The van der Waals surface area contributed by atoms with E-state index in [0.717, 1.165) is 38.9 Å². The van der Waals surface area contributed by atoms with Gasteiger partial charge in [-0.2, -0.15) is 0 Å². The van der Waals surface area contributed by atoms with Crippen molar-refractivity contribution in [1.29, 1.82) is 0 Å². The molecule has 0 aromatic heterocycles. The largest absolute Gasteiger partial charge is 0.355 e. The summed E-state index contributed by atoms with van der Waals surface area (Å²) < 4.78 is 0. The van der Waals surface area contributed by atoms with E-state index in [9.17, 15) is 9.59 Å². The maximum Gasteiger partial charge on any atom is 0.253 e. The van der Waals surface area contributed by atoms with Crippen LogP contribution in [0.3, 0.4) is 0 Å². The highest BCUT2D eigenvalue weighted by molar-refractivity contribution is 6.42. The lowest BCUT2D eigenvalue weighted by Crippen LogP contribution is -2.46. The molecule has 2 amide bonds. The van der Waals surface area contributed by atoms with Crippen molar-refractivity contribution in [2.45, 2.75) is 39.2 Å². The molecule has 28 heavy (non-hydrogen) atoms. The number of carbonyl (C=O) groups excluding carboxylic acids is 2. The van der Waals surface area contributed by atoms with Crippen molar-refractivity contribution in [2.24, 2.45) is 11.8 Å². The minimum absolute atomic E-state index is 0.0645. The lowest BCUT2D eigenvalue weighted by Gasteiger charge is -2.32. The molecule has 3 rings (SSSR count). The Hall–Kier alpha value is -1.30. The van der Waals surface area contributed by atoms with Crippen LogP contribution in [0.5, 0.6) is 0 Å². The first-order valence-corrected chi connectivity index (χ1v) is 10.9. The molecule has 2 heterocycles. The highest BCUT2D eigenvalue weighted by Gasteiger charge is 2.30. The predicted octanol–water partition coefficient (Wildman–Crippen LogP) is 3.69. The molecular formula is C21H29Cl2N3O2. The van der Waals surface area contributed by atoms with E-state index in [1.807, 2.05) is 0 Å². The maximum atomic E-state index is 12.8. The minimum atomic E-state index is -0.150. The zero-order valence-electron chi connectivity index (χ0n) is 16.6. The number of benzene rings is 1. The standard InChI is InChI=1S/C21H29Cl2N3O2/c1-14(2)25-9-7-15(12-25)11-24-20(27)17-4-3-8-26(13-17)21(28)16-5-6-18(22)19(23)10-16/h5-6,10,14-15,17H,3-4,7-9,11-13H2,1-2H3,(H,24,27). The second-order valence-electron chi connectivity index (χ2n) is 8.21. The first-order valence-electron chi connectivity index (χ1n) is 10.1. The number of rotatable bonds is 5. The van der Waals surface area contributed by atoms with Crippen molar-refractivity contribution < 1.29 is 9.59 Å². The van der Waals surface area contributed by atoms with Crippen LogP contribution >= 0.6 is 23.2 Å². The molecule has 2 saturated heterocycles. The summed E-state index contributed by atoms with van der Waals surface area (Å²) in [5.41, 5.74) is 0.509. The molecule has 7 heteroatoms. The highest BCUT2D eigenvalue weighted by Crippen LogP contribution is 2.25. The summed E-state index contributed by atoms with van der Waals surface area (Å²) in [7, 11) is 0. The fourth-order valence-corrected chi connectivity index (χ4v) is 4.37. The fraction of sp³-hybridized carbons (Fsp3) is 0.619. The average molecular weight is 426 g/mol. The summed E-state index contributed by atoms with van der Waals surface area (Å²) in [4.78, 5) is 29.7. The topological polar surface area (TPSA) is 52.7 Å². The smallest absolute Gasteiger partial charge is 0.253 e. The van der Waals surface area contributed by atoms with E-state index < -0.39 is 0 Å². The van der Waals surface area contributed by atoms with E-state index in [1.54, 1.807) is 23.1 Å². The van der Waals surface area contributed by atoms with E-state index in [4.69, 9.17) is 23.2 Å². The zero-order chi connectivity index (χ0) is 20.3. The summed E-state index contributed by atoms with van der Waals surface area (Å²) >= 11 is 12.0. The number of carbonyl (C=O) groups is 2. The summed E-state index contributed by atoms with van der Waals surface area (Å²) in [6, 6.07) is 5.46. The predicted molar refractivity (Wildman–Crippen MR) is 113 cm³/mol. The third kappa shape index (κ3) is 5.19. The quantitative estimate of drug-likeness (QED) is 0.782. The molecule has 0 radical (unpaired) electrons. The first kappa shape index (κ1) is 21.4. The molecule has 0 saturated carbocycles. The summed E-state index contributed by atoms with van der Waals surface area (Å²) in [6.45, 7) is 8.41. The van der Waals surface area contributed by atoms with Crippen LogP contribution in [0, 0.1) is 11.8 Å². The lowest BCUT2D eigenvalue weighted by atomic mass is 9.96. The van der Waals surface area contributed by atoms with E-state index in [-0.39, 0.29) is 17.7 Å². The fourth-order valence-electron chi connectivity index (χ4n) is 4.07. The first-order chi connectivity index (χ1) is 13.3. The lowest BCUT2D eigenvalue weighted by molar-refractivity contribution is -0.126. The SMILES string of the molecule is CC(C)N1CCC(CNC(=O)C2CCCN(C(=O)c3ccc(Cl)c(Cl)c3)C2)C1. The van der Waals surface area contributed by atoms with Crippen molar-refractivity contribution >= 4 is 35.0 Å². The molecule has 1 N–H and O–H groups in total. The Labute approximate surface area is 177 Å². The number of piperidine rings is 1. The van der Waals surface area contributed by atoms with Crippen LogP contribution in [0.15, 0.2) is 18.2 Å². The van der Waals surface area contributed by atoms with Crippen molar-refractivity contribution in [3.63, 3.8) is 0 Å². The van der Waals surface area contributed by atoms with Gasteiger partial charge in [-0.1, -0.05) is 23.2 Å². The molecule has 2 fully saturated rings. The van der Waals surface area contributed by atoms with Gasteiger partial charge in [0.25, 0.3) is 5.91 Å². The van der Waals surface area contributed by atoms with Gasteiger partial charge in [-0.15, -0.1) is 0 Å². The molecule has 1 aromatic carbocycles. The third-order valence-corrected chi connectivity index (χ3v) is 6.60. The molecule has 0 spiro atoms. The van der Waals surface area contributed by atoms with E-state index in [0.29, 0.717) is 40.7 Å². The Balaban J connectivity index is 1.52. The van der Waals surface area contributed by atoms with Gasteiger partial charge in [-0.05, 0) is 63.8 Å². The second-order valence-corrected chi connectivity index (χ2v) is 9.02. The van der Waals surface area contributed by atoms with Gasteiger partial charge in [0.1, 0.15) is 0 Å². The molecule has 2 atom stereocenters. The summed E-state index contributed by atoms with van der Waals surface area (Å²) in [5, 5.41) is 3.92. The highest BCUT2D eigenvalue weighted by atomic mass is 35.5. The van der Waals surface area contributed by atoms with Gasteiger partial charge >= 0.3 is 0 Å². The number of hydrogen-bond donors (Lipinski definition) is 1. The van der Waals surface area contributed by atoms with Crippen LogP contribution in [0.4, 0.5) is 0 Å². The van der Waals surface area contributed by atoms with Crippen LogP contribution < -0.4 is 5.32 Å². The van der Waals surface area contributed by atoms with Gasteiger partial charge < -0.3 is 15.1 Å². The third-order valence-electron chi connectivity index (χ3n) is 5.86. The van der Waals surface area contributed by atoms with Crippen LogP contribution in [-0.4, -0.2) is 60.4 Å². The molecule has 1 aromatic rings.